The molecule has 0 fully saturated rings. The maximum atomic E-state index is 11.9. The average molecular weight is 341 g/mol. The van der Waals surface area contributed by atoms with E-state index in [1.54, 1.807) is 0 Å². The molecule has 5 heteroatoms. The van der Waals surface area contributed by atoms with Gasteiger partial charge in [0.25, 0.3) is 0 Å². The topological polar surface area (TPSA) is 62.5 Å². The highest BCUT2D eigenvalue weighted by molar-refractivity contribution is 7.07. The Labute approximate surface area is 144 Å². The summed E-state index contributed by atoms with van der Waals surface area (Å²) in [5.74, 6) is 1.49. The number of aliphatic hydroxyl groups is 1. The summed E-state index contributed by atoms with van der Waals surface area (Å²) in [6.45, 7) is 0.225. The third-order valence-corrected chi connectivity index (χ3v) is 4.44. The van der Waals surface area contributed by atoms with Crippen molar-refractivity contribution in [2.45, 2.75) is 18.9 Å². The van der Waals surface area contributed by atoms with Crippen LogP contribution in [0.3, 0.4) is 0 Å². The van der Waals surface area contributed by atoms with E-state index in [1.807, 2.05) is 59.3 Å². The van der Waals surface area contributed by atoms with Crippen LogP contribution in [0.15, 0.2) is 63.7 Å². The van der Waals surface area contributed by atoms with Crippen LogP contribution in [0.25, 0.3) is 11.3 Å². The molecule has 3 aromatic rings. The first-order valence-electron chi connectivity index (χ1n) is 7.83. The molecular weight excluding hydrogens is 322 g/mol. The highest BCUT2D eigenvalue weighted by Crippen LogP contribution is 2.22. The van der Waals surface area contributed by atoms with Gasteiger partial charge in [0.1, 0.15) is 11.5 Å². The third kappa shape index (κ3) is 4.34. The molecule has 0 bridgehead atoms. The number of hydrogen-bond donors (Lipinski definition) is 2. The lowest BCUT2D eigenvalue weighted by Gasteiger charge is -2.10. The van der Waals surface area contributed by atoms with Gasteiger partial charge >= 0.3 is 0 Å². The standard InChI is InChI=1S/C19H19NO3S/c21-17(15-10-11-24-13-15)12-20-19(22)9-7-16-6-8-18(23-16)14-4-2-1-3-5-14/h1-6,8,10-11,13,17,21H,7,9,12H2,(H,20,22). The minimum Gasteiger partial charge on any atom is -0.461 e. The van der Waals surface area contributed by atoms with Gasteiger partial charge in [-0.3, -0.25) is 4.79 Å². The van der Waals surface area contributed by atoms with Crippen LogP contribution < -0.4 is 5.32 Å². The predicted molar refractivity (Wildman–Crippen MR) is 94.8 cm³/mol. The number of benzene rings is 1. The second-order valence-corrected chi connectivity index (χ2v) is 6.29. The van der Waals surface area contributed by atoms with E-state index in [1.165, 1.54) is 11.3 Å². The lowest BCUT2D eigenvalue weighted by Crippen LogP contribution is -2.28. The second kappa shape index (κ2) is 7.95. The van der Waals surface area contributed by atoms with Crippen molar-refractivity contribution in [3.63, 3.8) is 0 Å². The van der Waals surface area contributed by atoms with Gasteiger partial charge in [0.05, 0.1) is 6.10 Å². The zero-order valence-electron chi connectivity index (χ0n) is 13.1. The van der Waals surface area contributed by atoms with Gasteiger partial charge in [0, 0.05) is 24.9 Å². The molecule has 0 aliphatic rings. The van der Waals surface area contributed by atoms with Gasteiger partial charge in [0.2, 0.25) is 5.91 Å². The van der Waals surface area contributed by atoms with Crippen molar-refractivity contribution in [2.75, 3.05) is 6.54 Å². The van der Waals surface area contributed by atoms with E-state index < -0.39 is 6.10 Å². The fraction of sp³-hybridized carbons (Fsp3) is 0.211. The Morgan fingerprint density at radius 2 is 2.00 bits per heavy atom. The number of aryl methyl sites for hydroxylation is 1. The molecule has 24 heavy (non-hydrogen) atoms. The Morgan fingerprint density at radius 1 is 1.17 bits per heavy atom. The highest BCUT2D eigenvalue weighted by atomic mass is 32.1. The van der Waals surface area contributed by atoms with Gasteiger partial charge in [-0.25, -0.2) is 0 Å². The van der Waals surface area contributed by atoms with Gasteiger partial charge in [-0.1, -0.05) is 30.3 Å². The van der Waals surface area contributed by atoms with E-state index in [2.05, 4.69) is 5.32 Å². The molecule has 2 aromatic heterocycles. The first-order valence-corrected chi connectivity index (χ1v) is 8.77. The number of aliphatic hydroxyl groups excluding tert-OH is 1. The molecule has 3 rings (SSSR count). The van der Waals surface area contributed by atoms with Crippen molar-refractivity contribution in [3.05, 3.63) is 70.6 Å². The van der Waals surface area contributed by atoms with Crippen molar-refractivity contribution in [2.24, 2.45) is 0 Å². The number of furan rings is 1. The summed E-state index contributed by atoms with van der Waals surface area (Å²) in [5, 5.41) is 16.5. The lowest BCUT2D eigenvalue weighted by molar-refractivity contribution is -0.121. The van der Waals surface area contributed by atoms with Crippen LogP contribution in [-0.4, -0.2) is 17.6 Å². The van der Waals surface area contributed by atoms with Crippen LogP contribution in [0.4, 0.5) is 0 Å². The van der Waals surface area contributed by atoms with Crippen LogP contribution in [0, 0.1) is 0 Å². The largest absolute Gasteiger partial charge is 0.461 e. The molecule has 1 aromatic carbocycles. The quantitative estimate of drug-likeness (QED) is 0.687. The van der Waals surface area contributed by atoms with Crippen LogP contribution >= 0.6 is 11.3 Å². The van der Waals surface area contributed by atoms with E-state index in [0.717, 1.165) is 22.6 Å². The molecule has 1 unspecified atom stereocenters. The molecule has 124 valence electrons. The molecule has 0 aliphatic carbocycles. The van der Waals surface area contributed by atoms with Crippen LogP contribution in [0.2, 0.25) is 0 Å². The molecular formula is C19H19NO3S. The maximum Gasteiger partial charge on any atom is 0.220 e. The van der Waals surface area contributed by atoms with Gasteiger partial charge in [-0.15, -0.1) is 0 Å². The monoisotopic (exact) mass is 341 g/mol. The Hall–Kier alpha value is -2.37. The molecule has 0 aliphatic heterocycles. The number of thiophene rings is 1. The number of rotatable bonds is 7. The Bertz CT molecular complexity index is 765. The SMILES string of the molecule is O=C(CCc1ccc(-c2ccccc2)o1)NCC(O)c1ccsc1. The summed E-state index contributed by atoms with van der Waals surface area (Å²) in [4.78, 5) is 11.9. The summed E-state index contributed by atoms with van der Waals surface area (Å²) in [5.41, 5.74) is 1.85. The number of nitrogens with one attached hydrogen (secondary N) is 1. The maximum absolute atomic E-state index is 11.9. The van der Waals surface area contributed by atoms with Gasteiger partial charge in [0.15, 0.2) is 0 Å². The smallest absolute Gasteiger partial charge is 0.220 e. The summed E-state index contributed by atoms with van der Waals surface area (Å²) >= 11 is 1.53. The van der Waals surface area contributed by atoms with Crippen molar-refractivity contribution in [1.82, 2.24) is 5.32 Å². The lowest BCUT2D eigenvalue weighted by atomic mass is 10.2. The van der Waals surface area contributed by atoms with Gasteiger partial charge in [-0.05, 0) is 34.5 Å². The molecule has 0 saturated carbocycles. The molecule has 0 saturated heterocycles. The molecule has 0 radical (unpaired) electrons. The Kier molecular flexibility index (Phi) is 5.46. The number of carbonyl (C=O) groups is 1. The Balaban J connectivity index is 1.46. The molecule has 0 spiro atoms. The minimum atomic E-state index is -0.659. The van der Waals surface area contributed by atoms with Gasteiger partial charge < -0.3 is 14.8 Å². The summed E-state index contributed by atoms with van der Waals surface area (Å²) in [6.07, 6.45) is 0.208. The van der Waals surface area contributed by atoms with E-state index >= 15 is 0 Å². The van der Waals surface area contributed by atoms with E-state index in [-0.39, 0.29) is 12.5 Å². The highest BCUT2D eigenvalue weighted by Gasteiger charge is 2.11. The molecule has 1 atom stereocenters. The van der Waals surface area contributed by atoms with Crippen LogP contribution in [0.1, 0.15) is 23.8 Å². The fourth-order valence-electron chi connectivity index (χ4n) is 2.39. The molecule has 2 heterocycles. The minimum absolute atomic E-state index is 0.0954. The average Bonchev–Trinajstić information content (AvgIpc) is 3.30. The number of carbonyl (C=O) groups excluding carboxylic acids is 1. The van der Waals surface area contributed by atoms with E-state index in [0.29, 0.717) is 12.8 Å². The Morgan fingerprint density at radius 3 is 2.75 bits per heavy atom. The first-order chi connectivity index (χ1) is 11.7. The zero-order chi connectivity index (χ0) is 16.8. The van der Waals surface area contributed by atoms with Crippen LogP contribution in [0.5, 0.6) is 0 Å². The van der Waals surface area contributed by atoms with Crippen LogP contribution in [-0.2, 0) is 11.2 Å². The normalized spacial score (nSPS) is 12.0. The second-order valence-electron chi connectivity index (χ2n) is 5.51. The fourth-order valence-corrected chi connectivity index (χ4v) is 3.09. The van der Waals surface area contributed by atoms with E-state index in [9.17, 15) is 9.90 Å². The van der Waals surface area contributed by atoms with Crippen molar-refractivity contribution in [3.8, 4) is 11.3 Å². The summed E-state index contributed by atoms with van der Waals surface area (Å²) < 4.78 is 5.78. The molecule has 4 nitrogen and oxygen atoms in total. The number of hydrogen-bond acceptors (Lipinski definition) is 4. The zero-order valence-corrected chi connectivity index (χ0v) is 14.0. The number of amides is 1. The van der Waals surface area contributed by atoms with E-state index in [4.69, 9.17) is 4.42 Å². The third-order valence-electron chi connectivity index (χ3n) is 3.74. The predicted octanol–water partition coefficient (Wildman–Crippen LogP) is 3.79. The first kappa shape index (κ1) is 16.5. The van der Waals surface area contributed by atoms with Crippen molar-refractivity contribution in [1.29, 1.82) is 0 Å². The van der Waals surface area contributed by atoms with Crippen molar-refractivity contribution < 1.29 is 14.3 Å². The molecule has 1 amide bonds. The summed E-state index contributed by atoms with van der Waals surface area (Å²) in [6, 6.07) is 15.5. The van der Waals surface area contributed by atoms with Gasteiger partial charge in [-0.2, -0.15) is 11.3 Å². The van der Waals surface area contributed by atoms with Crippen molar-refractivity contribution >= 4 is 17.2 Å². The summed E-state index contributed by atoms with van der Waals surface area (Å²) in [7, 11) is 0. The molecule has 2 N–H and O–H groups in total.